The van der Waals surface area contributed by atoms with E-state index in [4.69, 9.17) is 20.8 Å². The molecule has 2 aromatic rings. The first-order chi connectivity index (χ1) is 11.1. The Bertz CT molecular complexity index is 703. The van der Waals surface area contributed by atoms with Crippen molar-refractivity contribution in [2.45, 2.75) is 13.5 Å². The molecule has 2 N–H and O–H groups in total. The van der Waals surface area contributed by atoms with Crippen LogP contribution >= 0.6 is 23.5 Å². The van der Waals surface area contributed by atoms with Gasteiger partial charge in [-0.1, -0.05) is 23.5 Å². The van der Waals surface area contributed by atoms with E-state index in [-0.39, 0.29) is 6.61 Å². The summed E-state index contributed by atoms with van der Waals surface area (Å²) >= 11 is 7.15. The van der Waals surface area contributed by atoms with Gasteiger partial charge in [-0.05, 0) is 42.8 Å². The highest BCUT2D eigenvalue weighted by Crippen LogP contribution is 2.22. The maximum absolute atomic E-state index is 11.1. The number of carbonyl (C=O) groups is 1. The lowest BCUT2D eigenvalue weighted by atomic mass is 10.2. The van der Waals surface area contributed by atoms with Gasteiger partial charge >= 0.3 is 6.03 Å². The smallest absolute Gasteiger partial charge is 0.345 e. The number of furan rings is 1. The molecule has 0 aliphatic carbocycles. The van der Waals surface area contributed by atoms with Crippen molar-refractivity contribution < 1.29 is 13.9 Å². The van der Waals surface area contributed by atoms with Crippen molar-refractivity contribution >= 4 is 35.8 Å². The van der Waals surface area contributed by atoms with Crippen LogP contribution in [-0.2, 0) is 6.61 Å². The van der Waals surface area contributed by atoms with Crippen LogP contribution in [0.4, 0.5) is 4.79 Å². The molecule has 0 aliphatic rings. The molecular formula is C15H16ClN3O3S. The molecule has 1 aromatic carbocycles. The molecule has 0 saturated carbocycles. The zero-order valence-electron chi connectivity index (χ0n) is 12.6. The molecule has 8 heteroatoms. The molecule has 0 atom stereocenters. The molecule has 2 rings (SSSR count). The predicted molar refractivity (Wildman–Crippen MR) is 92.0 cm³/mol. The summed E-state index contributed by atoms with van der Waals surface area (Å²) in [5, 5.41) is 4.46. The molecule has 1 heterocycles. The fraction of sp³-hybridized carbons (Fsp3) is 0.200. The monoisotopic (exact) mass is 353 g/mol. The first kappa shape index (κ1) is 17.2. The van der Waals surface area contributed by atoms with Crippen LogP contribution in [0.5, 0.6) is 5.75 Å². The number of ether oxygens (including phenoxy) is 1. The first-order valence-electron chi connectivity index (χ1n) is 6.68. The van der Waals surface area contributed by atoms with E-state index in [2.05, 4.69) is 15.2 Å². The average molecular weight is 354 g/mol. The lowest BCUT2D eigenvalue weighted by molar-refractivity contribution is 0.247. The van der Waals surface area contributed by atoms with Crippen molar-refractivity contribution in [3.8, 4) is 5.75 Å². The zero-order valence-corrected chi connectivity index (χ0v) is 14.2. The van der Waals surface area contributed by atoms with Crippen LogP contribution in [0.2, 0.25) is 5.02 Å². The van der Waals surface area contributed by atoms with Crippen molar-refractivity contribution in [2.24, 2.45) is 5.10 Å². The summed E-state index contributed by atoms with van der Waals surface area (Å²) < 4.78 is 13.6. The van der Waals surface area contributed by atoms with Crippen molar-refractivity contribution in [1.29, 1.82) is 0 Å². The Labute approximate surface area is 143 Å². The minimum atomic E-state index is -0.401. The van der Waals surface area contributed by atoms with Crippen LogP contribution in [0.25, 0.3) is 0 Å². The van der Waals surface area contributed by atoms with Gasteiger partial charge in [0.2, 0.25) is 0 Å². The maximum Gasteiger partial charge on any atom is 0.345 e. The summed E-state index contributed by atoms with van der Waals surface area (Å²) in [6.45, 7) is 2.20. The fourth-order valence-corrected chi connectivity index (χ4v) is 2.02. The van der Waals surface area contributed by atoms with Crippen LogP contribution in [0.15, 0.2) is 39.9 Å². The quantitative estimate of drug-likeness (QED) is 0.471. The topological polar surface area (TPSA) is 75.9 Å². The van der Waals surface area contributed by atoms with Crippen molar-refractivity contribution in [3.05, 3.63) is 52.4 Å². The summed E-state index contributed by atoms with van der Waals surface area (Å²) in [6, 6.07) is 8.58. The Morgan fingerprint density at radius 1 is 1.43 bits per heavy atom. The summed E-state index contributed by atoms with van der Waals surface area (Å²) in [6.07, 6.45) is 3.15. The zero-order chi connectivity index (χ0) is 16.7. The number of urea groups is 1. The molecular weight excluding hydrogens is 338 g/mol. The number of amides is 2. The van der Waals surface area contributed by atoms with Crippen LogP contribution in [0.3, 0.4) is 0 Å². The molecule has 2 amide bonds. The van der Waals surface area contributed by atoms with Gasteiger partial charge in [-0.15, -0.1) is 0 Å². The van der Waals surface area contributed by atoms with Gasteiger partial charge in [0.05, 0.1) is 6.21 Å². The summed E-state index contributed by atoms with van der Waals surface area (Å²) in [5.41, 5.74) is 3.26. The number of rotatable bonds is 6. The van der Waals surface area contributed by atoms with E-state index < -0.39 is 6.03 Å². The summed E-state index contributed by atoms with van der Waals surface area (Å²) in [7, 11) is 0. The number of benzene rings is 1. The van der Waals surface area contributed by atoms with Gasteiger partial charge in [-0.25, -0.2) is 10.2 Å². The lowest BCUT2D eigenvalue weighted by Gasteiger charge is -2.05. The molecule has 0 bridgehead atoms. The Balaban J connectivity index is 1.85. The highest BCUT2D eigenvalue weighted by Gasteiger charge is 2.03. The molecule has 0 unspecified atom stereocenters. The predicted octanol–water partition coefficient (Wildman–Crippen LogP) is 3.73. The molecule has 122 valence electrons. The maximum atomic E-state index is 11.1. The molecule has 1 aromatic heterocycles. The van der Waals surface area contributed by atoms with E-state index in [0.29, 0.717) is 22.3 Å². The molecule has 0 fully saturated rings. The van der Waals surface area contributed by atoms with Gasteiger partial charge in [0.1, 0.15) is 23.9 Å². The van der Waals surface area contributed by atoms with E-state index in [0.717, 1.165) is 5.56 Å². The normalized spacial score (nSPS) is 10.7. The second-order valence-electron chi connectivity index (χ2n) is 4.51. The number of hydrogen-bond donors (Lipinski definition) is 2. The number of halogens is 1. The first-order valence-corrected chi connectivity index (χ1v) is 8.28. The Hall–Kier alpha value is -2.12. The second-order valence-corrected chi connectivity index (χ2v) is 5.53. The van der Waals surface area contributed by atoms with Gasteiger partial charge in [0.25, 0.3) is 0 Å². The molecule has 23 heavy (non-hydrogen) atoms. The fourth-order valence-electron chi connectivity index (χ4n) is 1.67. The van der Waals surface area contributed by atoms with Gasteiger partial charge in [-0.2, -0.15) is 5.10 Å². The molecule has 0 radical (unpaired) electrons. The number of nitrogens with one attached hydrogen (secondary N) is 2. The number of nitrogens with zero attached hydrogens (tertiary/aromatic N) is 1. The highest BCUT2D eigenvalue weighted by molar-refractivity contribution is 7.97. The van der Waals surface area contributed by atoms with Crippen molar-refractivity contribution in [1.82, 2.24) is 10.1 Å². The minimum Gasteiger partial charge on any atom is -0.486 e. The Morgan fingerprint density at radius 2 is 2.26 bits per heavy atom. The number of carbonyl (C=O) groups excluding carboxylic acids is 1. The highest BCUT2D eigenvalue weighted by atomic mass is 35.5. The average Bonchev–Trinajstić information content (AvgIpc) is 2.97. The van der Waals surface area contributed by atoms with Gasteiger partial charge in [-0.3, -0.25) is 4.72 Å². The summed E-state index contributed by atoms with van der Waals surface area (Å²) in [5.74, 6) is 1.88. The second kappa shape index (κ2) is 8.50. The number of aryl methyl sites for hydroxylation is 1. The largest absolute Gasteiger partial charge is 0.486 e. The molecule has 0 saturated heterocycles. The number of hydrogen-bond acceptors (Lipinski definition) is 5. The van der Waals surface area contributed by atoms with Crippen LogP contribution in [0.1, 0.15) is 17.1 Å². The third-order valence-electron chi connectivity index (χ3n) is 2.75. The van der Waals surface area contributed by atoms with Crippen LogP contribution < -0.4 is 14.9 Å². The Kier molecular flexibility index (Phi) is 6.37. The molecule has 0 spiro atoms. The van der Waals surface area contributed by atoms with E-state index >= 15 is 0 Å². The van der Waals surface area contributed by atoms with E-state index in [9.17, 15) is 4.79 Å². The number of hydrazone groups is 1. The van der Waals surface area contributed by atoms with Gasteiger partial charge < -0.3 is 9.15 Å². The van der Waals surface area contributed by atoms with Gasteiger partial charge in [0.15, 0.2) is 0 Å². The lowest BCUT2D eigenvalue weighted by Crippen LogP contribution is -2.26. The third-order valence-corrected chi connectivity index (χ3v) is 3.56. The van der Waals surface area contributed by atoms with E-state index in [1.54, 1.807) is 30.5 Å². The van der Waals surface area contributed by atoms with Crippen LogP contribution in [-0.4, -0.2) is 18.5 Å². The van der Waals surface area contributed by atoms with Crippen molar-refractivity contribution in [3.63, 3.8) is 0 Å². The van der Waals surface area contributed by atoms with E-state index in [1.165, 1.54) is 18.2 Å². The molecule has 0 aliphatic heterocycles. The summed E-state index contributed by atoms with van der Waals surface area (Å²) in [4.78, 5) is 11.1. The SMILES string of the molecule is CSNC(=O)N/N=C/c1ccc(COc2ccc(Cl)c(C)c2)o1. The van der Waals surface area contributed by atoms with E-state index in [1.807, 2.05) is 13.0 Å². The molecule has 6 nitrogen and oxygen atoms in total. The van der Waals surface area contributed by atoms with Crippen molar-refractivity contribution in [2.75, 3.05) is 6.26 Å². The minimum absolute atomic E-state index is 0.287. The standard InChI is InChI=1S/C15H16ClN3O3S/c1-10-7-11(5-6-14(10)16)21-9-13-4-3-12(22-13)8-17-18-15(20)19-23-2/h3-8H,9H2,1-2H3,(H2,18,19,20)/b17-8+. The Morgan fingerprint density at radius 3 is 3.00 bits per heavy atom. The van der Waals surface area contributed by atoms with Gasteiger partial charge in [0, 0.05) is 11.3 Å². The van der Waals surface area contributed by atoms with Crippen LogP contribution in [0, 0.1) is 6.92 Å². The third kappa shape index (κ3) is 5.54.